The van der Waals surface area contributed by atoms with Crippen molar-refractivity contribution >= 4 is 5.91 Å². The summed E-state index contributed by atoms with van der Waals surface area (Å²) >= 11 is 0. The first-order chi connectivity index (χ1) is 9.57. The molecule has 2 N–H and O–H groups in total. The second-order valence-corrected chi connectivity index (χ2v) is 5.22. The van der Waals surface area contributed by atoms with Gasteiger partial charge in [0.2, 0.25) is 5.91 Å². The number of carbonyl (C=O) groups excluding carboxylic acids is 1. The average molecular weight is 279 g/mol. The molecule has 1 fully saturated rings. The van der Waals surface area contributed by atoms with Crippen molar-refractivity contribution in [3.8, 4) is 5.75 Å². The highest BCUT2D eigenvalue weighted by Gasteiger charge is 2.32. The molecule has 0 aromatic heterocycles. The summed E-state index contributed by atoms with van der Waals surface area (Å²) in [5, 5.41) is 12.7. The summed E-state index contributed by atoms with van der Waals surface area (Å²) in [5.74, 6) is 0.638. The van der Waals surface area contributed by atoms with Gasteiger partial charge in [-0.1, -0.05) is 12.1 Å². The van der Waals surface area contributed by atoms with E-state index in [1.54, 1.807) is 0 Å². The summed E-state index contributed by atoms with van der Waals surface area (Å²) in [6.07, 6.45) is 0.831. The Hall–Kier alpha value is -1.59. The van der Waals surface area contributed by atoms with E-state index >= 15 is 0 Å². The maximum Gasteiger partial charge on any atom is 0.223 e. The SMILES string of the molecule is Cc1cccc(OCCC(=O)NCC2(O)CCOC2)c1. The van der Waals surface area contributed by atoms with Gasteiger partial charge in [0.25, 0.3) is 0 Å². The average Bonchev–Trinajstić information content (AvgIpc) is 2.84. The summed E-state index contributed by atoms with van der Waals surface area (Å²) in [5.41, 5.74) is 0.211. The smallest absolute Gasteiger partial charge is 0.223 e. The molecule has 1 heterocycles. The van der Waals surface area contributed by atoms with Crippen LogP contribution in [0.1, 0.15) is 18.4 Å². The van der Waals surface area contributed by atoms with Gasteiger partial charge in [0.1, 0.15) is 11.4 Å². The van der Waals surface area contributed by atoms with E-state index in [2.05, 4.69) is 5.32 Å². The van der Waals surface area contributed by atoms with Crippen LogP contribution in [0.2, 0.25) is 0 Å². The van der Waals surface area contributed by atoms with Gasteiger partial charge in [-0.3, -0.25) is 4.79 Å². The fraction of sp³-hybridized carbons (Fsp3) is 0.533. The molecule has 5 nitrogen and oxygen atoms in total. The molecule has 110 valence electrons. The van der Waals surface area contributed by atoms with Crippen LogP contribution in [0, 0.1) is 6.92 Å². The lowest BCUT2D eigenvalue weighted by Gasteiger charge is -2.20. The quantitative estimate of drug-likeness (QED) is 0.816. The summed E-state index contributed by atoms with van der Waals surface area (Å²) in [4.78, 5) is 11.7. The van der Waals surface area contributed by atoms with Gasteiger partial charge in [0.15, 0.2) is 0 Å². The van der Waals surface area contributed by atoms with Crippen molar-refractivity contribution in [3.05, 3.63) is 29.8 Å². The number of carbonyl (C=O) groups is 1. The van der Waals surface area contributed by atoms with Gasteiger partial charge in [0, 0.05) is 19.6 Å². The summed E-state index contributed by atoms with van der Waals surface area (Å²) in [6.45, 7) is 3.38. The number of amides is 1. The zero-order valence-corrected chi connectivity index (χ0v) is 11.7. The number of nitrogens with one attached hydrogen (secondary N) is 1. The molecule has 1 aliphatic rings. The highest BCUT2D eigenvalue weighted by molar-refractivity contribution is 5.76. The number of aliphatic hydroxyl groups is 1. The van der Waals surface area contributed by atoms with E-state index in [1.165, 1.54) is 0 Å². The predicted octanol–water partition coefficient (Wildman–Crippen LogP) is 1.03. The number of hydrogen-bond donors (Lipinski definition) is 2. The zero-order valence-electron chi connectivity index (χ0n) is 11.7. The van der Waals surface area contributed by atoms with Crippen LogP contribution in [0.25, 0.3) is 0 Å². The van der Waals surface area contributed by atoms with E-state index in [4.69, 9.17) is 9.47 Å². The van der Waals surface area contributed by atoms with Gasteiger partial charge in [-0.25, -0.2) is 0 Å². The molecular weight excluding hydrogens is 258 g/mol. The predicted molar refractivity (Wildman–Crippen MR) is 74.7 cm³/mol. The van der Waals surface area contributed by atoms with Gasteiger partial charge < -0.3 is 19.9 Å². The van der Waals surface area contributed by atoms with Crippen molar-refractivity contribution in [2.45, 2.75) is 25.4 Å². The minimum Gasteiger partial charge on any atom is -0.493 e. The van der Waals surface area contributed by atoms with Crippen LogP contribution in [0.3, 0.4) is 0 Å². The Labute approximate surface area is 118 Å². The third kappa shape index (κ3) is 4.51. The number of aryl methyl sites for hydroxylation is 1. The van der Waals surface area contributed by atoms with Crippen LogP contribution >= 0.6 is 0 Å². The van der Waals surface area contributed by atoms with Gasteiger partial charge >= 0.3 is 0 Å². The van der Waals surface area contributed by atoms with Crippen LogP contribution in [0.4, 0.5) is 0 Å². The first-order valence-corrected chi connectivity index (χ1v) is 6.84. The monoisotopic (exact) mass is 279 g/mol. The standard InChI is InChI=1S/C15H21NO4/c1-12-3-2-4-13(9-12)20-7-5-14(17)16-10-15(18)6-8-19-11-15/h2-4,9,18H,5-8,10-11H2,1H3,(H,16,17). The molecule has 1 aromatic carbocycles. The second kappa shape index (κ2) is 6.72. The van der Waals surface area contributed by atoms with Crippen molar-refractivity contribution in [1.82, 2.24) is 5.32 Å². The normalized spacial score (nSPS) is 21.7. The lowest BCUT2D eigenvalue weighted by atomic mass is 10.0. The lowest BCUT2D eigenvalue weighted by molar-refractivity contribution is -0.122. The third-order valence-corrected chi connectivity index (χ3v) is 3.28. The molecular formula is C15H21NO4. The van der Waals surface area contributed by atoms with E-state index in [9.17, 15) is 9.90 Å². The van der Waals surface area contributed by atoms with Crippen LogP contribution in [-0.2, 0) is 9.53 Å². The van der Waals surface area contributed by atoms with Crippen molar-refractivity contribution in [3.63, 3.8) is 0 Å². The highest BCUT2D eigenvalue weighted by atomic mass is 16.5. The largest absolute Gasteiger partial charge is 0.493 e. The first kappa shape index (κ1) is 14.8. The van der Waals surface area contributed by atoms with Crippen molar-refractivity contribution in [1.29, 1.82) is 0 Å². The maximum atomic E-state index is 11.7. The highest BCUT2D eigenvalue weighted by Crippen LogP contribution is 2.17. The Morgan fingerprint density at radius 1 is 1.55 bits per heavy atom. The molecule has 2 rings (SSSR count). The molecule has 0 aliphatic carbocycles. The Balaban J connectivity index is 1.65. The Kier molecular flexibility index (Phi) is 4.98. The first-order valence-electron chi connectivity index (χ1n) is 6.84. The number of hydrogen-bond acceptors (Lipinski definition) is 4. The van der Waals surface area contributed by atoms with Crippen molar-refractivity contribution in [2.24, 2.45) is 0 Å². The molecule has 0 saturated carbocycles. The van der Waals surface area contributed by atoms with Crippen molar-refractivity contribution < 1.29 is 19.4 Å². The number of ether oxygens (including phenoxy) is 2. The molecule has 20 heavy (non-hydrogen) atoms. The lowest BCUT2D eigenvalue weighted by Crippen LogP contribution is -2.43. The molecule has 1 atom stereocenters. The summed E-state index contributed by atoms with van der Waals surface area (Å²) in [6, 6.07) is 7.70. The van der Waals surface area contributed by atoms with Crippen LogP contribution in [0.5, 0.6) is 5.75 Å². The van der Waals surface area contributed by atoms with E-state index in [0.29, 0.717) is 19.6 Å². The second-order valence-electron chi connectivity index (χ2n) is 5.22. The molecule has 0 bridgehead atoms. The topological polar surface area (TPSA) is 67.8 Å². The van der Waals surface area contributed by atoms with E-state index < -0.39 is 5.60 Å². The van der Waals surface area contributed by atoms with Gasteiger partial charge in [-0.05, 0) is 24.6 Å². The fourth-order valence-corrected chi connectivity index (χ4v) is 2.05. The molecule has 1 aliphatic heterocycles. The van der Waals surface area contributed by atoms with Gasteiger partial charge in [0.05, 0.1) is 19.6 Å². The summed E-state index contributed by atoms with van der Waals surface area (Å²) in [7, 11) is 0. The molecule has 1 amide bonds. The van der Waals surface area contributed by atoms with E-state index in [0.717, 1.165) is 11.3 Å². The van der Waals surface area contributed by atoms with Crippen LogP contribution in [-0.4, -0.2) is 43.0 Å². The fourth-order valence-electron chi connectivity index (χ4n) is 2.05. The van der Waals surface area contributed by atoms with Gasteiger partial charge in [-0.15, -0.1) is 0 Å². The Morgan fingerprint density at radius 3 is 3.10 bits per heavy atom. The Bertz CT molecular complexity index is 455. The zero-order chi connectivity index (χ0) is 14.4. The Morgan fingerprint density at radius 2 is 2.40 bits per heavy atom. The minimum atomic E-state index is -0.910. The van der Waals surface area contributed by atoms with E-state index in [1.807, 2.05) is 31.2 Å². The minimum absolute atomic E-state index is 0.127. The maximum absolute atomic E-state index is 11.7. The molecule has 1 saturated heterocycles. The third-order valence-electron chi connectivity index (χ3n) is 3.28. The summed E-state index contributed by atoms with van der Waals surface area (Å²) < 4.78 is 10.6. The number of benzene rings is 1. The molecule has 5 heteroatoms. The molecule has 1 aromatic rings. The molecule has 1 unspecified atom stereocenters. The molecule has 0 spiro atoms. The molecule has 0 radical (unpaired) electrons. The van der Waals surface area contributed by atoms with E-state index in [-0.39, 0.29) is 25.5 Å². The van der Waals surface area contributed by atoms with Crippen molar-refractivity contribution in [2.75, 3.05) is 26.4 Å². The van der Waals surface area contributed by atoms with Crippen LogP contribution < -0.4 is 10.1 Å². The van der Waals surface area contributed by atoms with Gasteiger partial charge in [-0.2, -0.15) is 0 Å². The number of rotatable bonds is 6. The van der Waals surface area contributed by atoms with Crippen LogP contribution in [0.15, 0.2) is 24.3 Å².